The summed E-state index contributed by atoms with van der Waals surface area (Å²) < 4.78 is 7.02. The maximum absolute atomic E-state index is 12.1. The number of rotatable bonds is 8. The highest BCUT2D eigenvalue weighted by molar-refractivity contribution is 9.11. The highest BCUT2D eigenvalue weighted by Crippen LogP contribution is 2.35. The molecule has 9 heteroatoms. The van der Waals surface area contributed by atoms with Crippen molar-refractivity contribution >= 4 is 49.4 Å². The highest BCUT2D eigenvalue weighted by atomic mass is 79.9. The quantitative estimate of drug-likeness (QED) is 0.460. The molecule has 0 saturated heterocycles. The molecule has 1 fully saturated rings. The zero-order valence-corrected chi connectivity index (χ0v) is 19.0. The first kappa shape index (κ1) is 22.1. The van der Waals surface area contributed by atoms with Gasteiger partial charge in [0.2, 0.25) is 0 Å². The number of anilines is 1. The van der Waals surface area contributed by atoms with Crippen LogP contribution in [0.3, 0.4) is 0 Å². The van der Waals surface area contributed by atoms with E-state index >= 15 is 0 Å². The summed E-state index contributed by atoms with van der Waals surface area (Å²) in [5.74, 6) is -1.12. The van der Waals surface area contributed by atoms with E-state index < -0.39 is 18.4 Å². The summed E-state index contributed by atoms with van der Waals surface area (Å²) in [6, 6.07) is 11.3. The number of carboxylic acids is 1. The van der Waals surface area contributed by atoms with Gasteiger partial charge in [-0.3, -0.25) is 9.59 Å². The third kappa shape index (κ3) is 5.74. The number of carboxylic acid groups (broad SMARTS) is 1. The van der Waals surface area contributed by atoms with Gasteiger partial charge < -0.3 is 20.5 Å². The molecule has 30 heavy (non-hydrogen) atoms. The summed E-state index contributed by atoms with van der Waals surface area (Å²) in [5, 5.41) is 23.8. The Kier molecular flexibility index (Phi) is 7.34. The maximum atomic E-state index is 12.1. The Hall–Kier alpha value is -2.57. The van der Waals surface area contributed by atoms with Gasteiger partial charge >= 0.3 is 5.97 Å². The van der Waals surface area contributed by atoms with Crippen LogP contribution in [0.4, 0.5) is 5.69 Å². The van der Waals surface area contributed by atoms with Crippen molar-refractivity contribution in [2.24, 2.45) is 0 Å². The smallest absolute Gasteiger partial charge is 0.322 e. The second kappa shape index (κ2) is 9.96. The van der Waals surface area contributed by atoms with E-state index in [0.29, 0.717) is 31.9 Å². The van der Waals surface area contributed by atoms with Crippen LogP contribution in [-0.4, -0.2) is 29.6 Å². The molecule has 0 heterocycles. The van der Waals surface area contributed by atoms with Gasteiger partial charge in [-0.25, -0.2) is 0 Å². The number of carbonyl (C=O) groups is 2. The van der Waals surface area contributed by atoms with Crippen LogP contribution in [0.15, 0.2) is 39.3 Å². The standard InChI is InChI=1S/C21H19Br2N3O4/c22-17-7-14(21(29)25-10-19(27)28)8-18(23)20(17)30-11-13-4-12(9-24)5-16(6-13)26-15-2-1-3-15/h4-8,15,26H,1-3,10-11H2,(H,25,29)(H,27,28). The minimum atomic E-state index is -1.12. The first-order valence-corrected chi connectivity index (χ1v) is 10.9. The molecule has 0 unspecified atom stereocenters. The summed E-state index contributed by atoms with van der Waals surface area (Å²) in [7, 11) is 0. The summed E-state index contributed by atoms with van der Waals surface area (Å²) in [4.78, 5) is 22.7. The molecule has 0 atom stereocenters. The third-order valence-corrected chi connectivity index (χ3v) is 5.82. The van der Waals surface area contributed by atoms with Gasteiger partial charge in [0.05, 0.1) is 20.6 Å². The lowest BCUT2D eigenvalue weighted by atomic mass is 9.93. The van der Waals surface area contributed by atoms with Crippen LogP contribution in [-0.2, 0) is 11.4 Å². The van der Waals surface area contributed by atoms with Crippen LogP contribution in [0.2, 0.25) is 0 Å². The van der Waals surface area contributed by atoms with Gasteiger partial charge in [-0.05, 0) is 87.0 Å². The zero-order valence-electron chi connectivity index (χ0n) is 15.9. The number of carbonyl (C=O) groups excluding carboxylic acids is 1. The SMILES string of the molecule is N#Cc1cc(COc2c(Br)cc(C(=O)NCC(=O)O)cc2Br)cc(NC2CCC2)c1. The first-order valence-electron chi connectivity index (χ1n) is 9.28. The van der Waals surface area contributed by atoms with E-state index in [9.17, 15) is 14.9 Å². The maximum Gasteiger partial charge on any atom is 0.322 e. The Morgan fingerprint density at radius 2 is 1.87 bits per heavy atom. The Bertz CT molecular complexity index is 993. The van der Waals surface area contributed by atoms with Gasteiger partial charge in [-0.15, -0.1) is 0 Å². The molecule has 2 aromatic carbocycles. The van der Waals surface area contributed by atoms with E-state index in [-0.39, 0.29) is 6.61 Å². The predicted molar refractivity (Wildman–Crippen MR) is 119 cm³/mol. The van der Waals surface area contributed by atoms with E-state index in [2.05, 4.69) is 48.6 Å². The lowest BCUT2D eigenvalue weighted by Gasteiger charge is -2.27. The van der Waals surface area contributed by atoms with Gasteiger partial charge in [-0.1, -0.05) is 0 Å². The Labute approximate surface area is 190 Å². The molecule has 1 amide bonds. The molecule has 3 N–H and O–H groups in total. The van der Waals surface area contributed by atoms with Crippen molar-refractivity contribution in [1.82, 2.24) is 5.32 Å². The fourth-order valence-corrected chi connectivity index (χ4v) is 4.37. The van der Waals surface area contributed by atoms with E-state index in [1.165, 1.54) is 6.42 Å². The largest absolute Gasteiger partial charge is 0.487 e. The fraction of sp³-hybridized carbons (Fsp3) is 0.286. The molecular weight excluding hydrogens is 518 g/mol. The molecule has 156 valence electrons. The summed E-state index contributed by atoms with van der Waals surface area (Å²) in [6.45, 7) is -0.227. The summed E-state index contributed by atoms with van der Waals surface area (Å²) in [6.07, 6.45) is 3.49. The van der Waals surface area contributed by atoms with Crippen LogP contribution in [0.1, 0.15) is 40.7 Å². The van der Waals surface area contributed by atoms with Crippen LogP contribution in [0.25, 0.3) is 0 Å². The Morgan fingerprint density at radius 1 is 1.17 bits per heavy atom. The van der Waals surface area contributed by atoms with Crippen molar-refractivity contribution in [2.75, 3.05) is 11.9 Å². The predicted octanol–water partition coefficient (Wildman–Crippen LogP) is 4.44. The molecule has 1 aliphatic rings. The number of hydrogen-bond donors (Lipinski definition) is 3. The Balaban J connectivity index is 1.72. The molecule has 0 radical (unpaired) electrons. The van der Waals surface area contributed by atoms with Crippen molar-refractivity contribution in [3.05, 3.63) is 56.0 Å². The number of hydrogen-bond acceptors (Lipinski definition) is 5. The number of amides is 1. The third-order valence-electron chi connectivity index (χ3n) is 4.64. The van der Waals surface area contributed by atoms with Crippen molar-refractivity contribution < 1.29 is 19.4 Å². The van der Waals surface area contributed by atoms with E-state index in [1.807, 2.05) is 12.1 Å². The van der Waals surface area contributed by atoms with E-state index in [1.54, 1.807) is 18.2 Å². The highest BCUT2D eigenvalue weighted by Gasteiger charge is 2.18. The van der Waals surface area contributed by atoms with E-state index in [0.717, 1.165) is 24.1 Å². The van der Waals surface area contributed by atoms with E-state index in [4.69, 9.17) is 9.84 Å². The summed E-state index contributed by atoms with van der Waals surface area (Å²) >= 11 is 6.79. The van der Waals surface area contributed by atoms with Gasteiger partial charge in [0.25, 0.3) is 5.91 Å². The molecule has 0 spiro atoms. The van der Waals surface area contributed by atoms with Crippen LogP contribution < -0.4 is 15.4 Å². The molecule has 7 nitrogen and oxygen atoms in total. The monoisotopic (exact) mass is 535 g/mol. The summed E-state index contributed by atoms with van der Waals surface area (Å²) in [5.41, 5.74) is 2.60. The zero-order chi connectivity index (χ0) is 21.7. The number of nitrogens with one attached hydrogen (secondary N) is 2. The second-order valence-corrected chi connectivity index (χ2v) is 8.65. The van der Waals surface area contributed by atoms with Gasteiger partial charge in [0.1, 0.15) is 18.9 Å². The molecule has 0 aliphatic heterocycles. The lowest BCUT2D eigenvalue weighted by molar-refractivity contribution is -0.135. The van der Waals surface area contributed by atoms with Gasteiger partial charge in [0, 0.05) is 17.3 Å². The minimum Gasteiger partial charge on any atom is -0.487 e. The van der Waals surface area contributed by atoms with Crippen LogP contribution >= 0.6 is 31.9 Å². The molecule has 1 saturated carbocycles. The number of nitrogens with zero attached hydrogens (tertiary/aromatic N) is 1. The van der Waals surface area contributed by atoms with Crippen molar-refractivity contribution in [1.29, 1.82) is 5.26 Å². The normalized spacial score (nSPS) is 13.1. The van der Waals surface area contributed by atoms with Crippen molar-refractivity contribution in [3.8, 4) is 11.8 Å². The fourth-order valence-electron chi connectivity index (χ4n) is 2.95. The molecular formula is C21H19Br2N3O4. The molecule has 0 aromatic heterocycles. The van der Waals surface area contributed by atoms with Crippen LogP contribution in [0.5, 0.6) is 5.75 Å². The number of ether oxygens (including phenoxy) is 1. The number of nitriles is 1. The van der Waals surface area contributed by atoms with Crippen molar-refractivity contribution in [3.63, 3.8) is 0 Å². The number of benzene rings is 2. The molecule has 0 bridgehead atoms. The van der Waals surface area contributed by atoms with Gasteiger partial charge in [-0.2, -0.15) is 5.26 Å². The molecule has 2 aromatic rings. The first-order chi connectivity index (χ1) is 14.4. The average Bonchev–Trinajstić information content (AvgIpc) is 2.67. The lowest BCUT2D eigenvalue weighted by Crippen LogP contribution is -2.29. The minimum absolute atomic E-state index is 0.233. The van der Waals surface area contributed by atoms with Gasteiger partial charge in [0.15, 0.2) is 0 Å². The topological polar surface area (TPSA) is 111 Å². The average molecular weight is 537 g/mol. The molecule has 3 rings (SSSR count). The number of aliphatic carboxylic acids is 1. The Morgan fingerprint density at radius 3 is 2.43 bits per heavy atom. The second-order valence-electron chi connectivity index (χ2n) is 6.94. The van der Waals surface area contributed by atoms with Crippen LogP contribution in [0, 0.1) is 11.3 Å². The molecule has 1 aliphatic carbocycles. The number of halogens is 2. The van der Waals surface area contributed by atoms with Crippen molar-refractivity contribution in [2.45, 2.75) is 31.9 Å².